The third-order valence-corrected chi connectivity index (χ3v) is 2.16. The molecule has 1 unspecified atom stereocenters. The lowest BCUT2D eigenvalue weighted by molar-refractivity contribution is -0.245. The van der Waals surface area contributed by atoms with Crippen molar-refractivity contribution in [2.24, 2.45) is 5.41 Å². The highest BCUT2D eigenvalue weighted by atomic mass is 17.1. The fraction of sp³-hybridized carbons (Fsp3) is 0.875. The summed E-state index contributed by atoms with van der Waals surface area (Å²) in [4.78, 5) is 14.7. The molecule has 1 atom stereocenters. The zero-order valence-electron chi connectivity index (χ0n) is 7.39. The molecule has 0 saturated heterocycles. The number of rotatable bonds is 4. The SMILES string of the molecule is CCCC(C)(CC)C(=O)OO. The number of carbonyl (C=O) groups excluding carboxylic acids is 1. The highest BCUT2D eigenvalue weighted by Gasteiger charge is 2.32. The van der Waals surface area contributed by atoms with Gasteiger partial charge in [-0.05, 0) is 19.8 Å². The molecule has 3 nitrogen and oxygen atoms in total. The highest BCUT2D eigenvalue weighted by molar-refractivity contribution is 5.75. The van der Waals surface area contributed by atoms with E-state index in [1.165, 1.54) is 0 Å². The Labute approximate surface area is 67.3 Å². The lowest BCUT2D eigenvalue weighted by Gasteiger charge is -2.22. The summed E-state index contributed by atoms with van der Waals surface area (Å²) in [7, 11) is 0. The maximum Gasteiger partial charge on any atom is 0.347 e. The molecule has 0 aromatic heterocycles. The van der Waals surface area contributed by atoms with Gasteiger partial charge in [0.25, 0.3) is 0 Å². The van der Waals surface area contributed by atoms with Gasteiger partial charge in [-0.2, -0.15) is 5.26 Å². The predicted molar refractivity (Wildman–Crippen MR) is 42.0 cm³/mol. The topological polar surface area (TPSA) is 46.5 Å². The van der Waals surface area contributed by atoms with Gasteiger partial charge in [-0.15, -0.1) is 0 Å². The van der Waals surface area contributed by atoms with Crippen LogP contribution in [0.4, 0.5) is 0 Å². The van der Waals surface area contributed by atoms with Gasteiger partial charge in [-0.3, -0.25) is 0 Å². The Morgan fingerprint density at radius 2 is 2.09 bits per heavy atom. The van der Waals surface area contributed by atoms with Gasteiger partial charge in [0.05, 0.1) is 5.41 Å². The smallest absolute Gasteiger partial charge is 0.300 e. The number of carbonyl (C=O) groups is 1. The summed E-state index contributed by atoms with van der Waals surface area (Å²) in [5.41, 5.74) is -0.510. The van der Waals surface area contributed by atoms with Crippen LogP contribution in [0.2, 0.25) is 0 Å². The fourth-order valence-electron chi connectivity index (χ4n) is 1.09. The van der Waals surface area contributed by atoms with E-state index in [1.54, 1.807) is 6.92 Å². The molecular weight excluding hydrogens is 144 g/mol. The van der Waals surface area contributed by atoms with Gasteiger partial charge in [-0.1, -0.05) is 20.3 Å². The molecule has 1 N–H and O–H groups in total. The predicted octanol–water partition coefficient (Wildman–Crippen LogP) is 2.22. The molecule has 0 radical (unpaired) electrons. The molecule has 0 spiro atoms. The quantitative estimate of drug-likeness (QED) is 0.506. The van der Waals surface area contributed by atoms with E-state index < -0.39 is 11.4 Å². The van der Waals surface area contributed by atoms with Crippen molar-refractivity contribution in [2.45, 2.75) is 40.0 Å². The van der Waals surface area contributed by atoms with E-state index in [2.05, 4.69) is 4.89 Å². The monoisotopic (exact) mass is 160 g/mol. The van der Waals surface area contributed by atoms with Crippen molar-refractivity contribution < 1.29 is 14.9 Å². The summed E-state index contributed by atoms with van der Waals surface area (Å²) in [6.45, 7) is 5.71. The van der Waals surface area contributed by atoms with Crippen molar-refractivity contribution in [2.75, 3.05) is 0 Å². The summed E-state index contributed by atoms with van der Waals surface area (Å²) in [5, 5.41) is 8.18. The molecule has 0 aliphatic heterocycles. The van der Waals surface area contributed by atoms with Crippen LogP contribution in [0.5, 0.6) is 0 Å². The first-order valence-electron chi connectivity index (χ1n) is 3.96. The Hall–Kier alpha value is -0.570. The molecule has 3 heteroatoms. The zero-order chi connectivity index (χ0) is 8.91. The van der Waals surface area contributed by atoms with Crippen LogP contribution in [0.3, 0.4) is 0 Å². The first-order chi connectivity index (χ1) is 5.10. The van der Waals surface area contributed by atoms with Gasteiger partial charge in [-0.25, -0.2) is 4.79 Å². The molecule has 11 heavy (non-hydrogen) atoms. The van der Waals surface area contributed by atoms with Crippen LogP contribution in [-0.4, -0.2) is 11.2 Å². The molecule has 0 fully saturated rings. The van der Waals surface area contributed by atoms with E-state index in [9.17, 15) is 4.79 Å². The minimum absolute atomic E-state index is 0.510. The lowest BCUT2D eigenvalue weighted by atomic mass is 9.83. The maximum atomic E-state index is 11.0. The van der Waals surface area contributed by atoms with Crippen LogP contribution < -0.4 is 0 Å². The van der Waals surface area contributed by atoms with E-state index in [-0.39, 0.29) is 0 Å². The van der Waals surface area contributed by atoms with E-state index in [0.29, 0.717) is 6.42 Å². The largest absolute Gasteiger partial charge is 0.347 e. The van der Waals surface area contributed by atoms with Gasteiger partial charge >= 0.3 is 5.97 Å². The van der Waals surface area contributed by atoms with Crippen molar-refractivity contribution in [1.82, 2.24) is 0 Å². The molecule has 0 bridgehead atoms. The fourth-order valence-corrected chi connectivity index (χ4v) is 1.09. The van der Waals surface area contributed by atoms with Crippen LogP contribution in [0.1, 0.15) is 40.0 Å². The van der Waals surface area contributed by atoms with Crippen LogP contribution >= 0.6 is 0 Å². The molecule has 0 heterocycles. The minimum Gasteiger partial charge on any atom is -0.300 e. The van der Waals surface area contributed by atoms with Gasteiger partial charge in [0, 0.05) is 0 Å². The van der Waals surface area contributed by atoms with Crippen LogP contribution in [0.25, 0.3) is 0 Å². The van der Waals surface area contributed by atoms with Crippen LogP contribution in [0.15, 0.2) is 0 Å². The average molecular weight is 160 g/mol. The number of hydrogen-bond donors (Lipinski definition) is 1. The van der Waals surface area contributed by atoms with Crippen molar-refractivity contribution >= 4 is 5.97 Å². The second-order valence-electron chi connectivity index (χ2n) is 3.04. The van der Waals surface area contributed by atoms with Crippen LogP contribution in [0, 0.1) is 5.41 Å². The van der Waals surface area contributed by atoms with Gasteiger partial charge in [0.15, 0.2) is 0 Å². The summed E-state index contributed by atoms with van der Waals surface area (Å²) in [6.07, 6.45) is 2.36. The Morgan fingerprint density at radius 3 is 2.36 bits per heavy atom. The Balaban J connectivity index is 4.19. The Bertz CT molecular complexity index is 133. The zero-order valence-corrected chi connectivity index (χ0v) is 7.39. The van der Waals surface area contributed by atoms with E-state index in [1.807, 2.05) is 13.8 Å². The van der Waals surface area contributed by atoms with E-state index >= 15 is 0 Å². The molecule has 0 aromatic carbocycles. The minimum atomic E-state index is -0.526. The average Bonchev–Trinajstić information content (AvgIpc) is 2.03. The van der Waals surface area contributed by atoms with E-state index in [4.69, 9.17) is 5.26 Å². The van der Waals surface area contributed by atoms with Crippen molar-refractivity contribution in [1.29, 1.82) is 0 Å². The Morgan fingerprint density at radius 1 is 1.55 bits per heavy atom. The lowest BCUT2D eigenvalue weighted by Crippen LogP contribution is -2.28. The van der Waals surface area contributed by atoms with Gasteiger partial charge in [0.1, 0.15) is 0 Å². The second-order valence-corrected chi connectivity index (χ2v) is 3.04. The maximum absolute atomic E-state index is 11.0. The molecular formula is C8H16O3. The summed E-state index contributed by atoms with van der Waals surface area (Å²) in [5.74, 6) is -0.526. The molecule has 66 valence electrons. The molecule has 0 amide bonds. The molecule has 0 aliphatic rings. The molecule has 0 aliphatic carbocycles. The van der Waals surface area contributed by atoms with Crippen molar-refractivity contribution in [3.05, 3.63) is 0 Å². The Kier molecular flexibility index (Phi) is 4.11. The molecule has 0 rings (SSSR count). The standard InChI is InChI=1S/C8H16O3/c1-4-6-8(3,5-2)7(9)11-10/h10H,4-6H2,1-3H3. The first-order valence-corrected chi connectivity index (χ1v) is 3.96. The van der Waals surface area contributed by atoms with Crippen molar-refractivity contribution in [3.8, 4) is 0 Å². The summed E-state index contributed by atoms with van der Waals surface area (Å²) in [6, 6.07) is 0. The van der Waals surface area contributed by atoms with E-state index in [0.717, 1.165) is 12.8 Å². The molecule has 0 saturated carbocycles. The number of hydrogen-bond acceptors (Lipinski definition) is 3. The second kappa shape index (κ2) is 4.34. The van der Waals surface area contributed by atoms with Gasteiger partial charge in [0.2, 0.25) is 0 Å². The third-order valence-electron chi connectivity index (χ3n) is 2.16. The normalized spacial score (nSPS) is 15.6. The summed E-state index contributed by atoms with van der Waals surface area (Å²) >= 11 is 0. The third kappa shape index (κ3) is 2.50. The summed E-state index contributed by atoms with van der Waals surface area (Å²) < 4.78 is 0. The van der Waals surface area contributed by atoms with Crippen LogP contribution in [-0.2, 0) is 9.68 Å². The highest BCUT2D eigenvalue weighted by Crippen LogP contribution is 2.28. The first kappa shape index (κ1) is 10.4. The van der Waals surface area contributed by atoms with Crippen molar-refractivity contribution in [3.63, 3.8) is 0 Å². The molecule has 0 aromatic rings. The van der Waals surface area contributed by atoms with Gasteiger partial charge < -0.3 is 4.89 Å².